The lowest BCUT2D eigenvalue weighted by Crippen LogP contribution is -2.34. The molecule has 2 aliphatic rings. The molecule has 2 aliphatic carbocycles. The fourth-order valence-electron chi connectivity index (χ4n) is 6.65. The number of hydrogen-bond donors (Lipinski definition) is 0. The maximum Gasteiger partial charge on any atom is 0.127 e. The van der Waals surface area contributed by atoms with E-state index in [0.29, 0.717) is 17.8 Å². The zero-order valence-corrected chi connectivity index (χ0v) is 24.2. The van der Waals surface area contributed by atoms with Crippen LogP contribution in [-0.4, -0.2) is 6.10 Å². The van der Waals surface area contributed by atoms with Gasteiger partial charge in [-0.15, -0.1) is 0 Å². The minimum atomic E-state index is -0.713. The first-order valence-corrected chi connectivity index (χ1v) is 16.0. The van der Waals surface area contributed by atoms with E-state index in [9.17, 15) is 0 Å². The van der Waals surface area contributed by atoms with Crippen molar-refractivity contribution < 1.29 is 4.74 Å². The van der Waals surface area contributed by atoms with Crippen LogP contribution in [0.4, 0.5) is 0 Å². The molecule has 0 spiro atoms. The predicted octanol–water partition coefficient (Wildman–Crippen LogP) is 9.20. The Morgan fingerprint density at radius 1 is 0.692 bits per heavy atom. The van der Waals surface area contributed by atoms with Gasteiger partial charge in [0.25, 0.3) is 0 Å². The topological polar surface area (TPSA) is 9.23 Å². The van der Waals surface area contributed by atoms with Crippen molar-refractivity contribution in [1.29, 1.82) is 0 Å². The Hall–Kier alpha value is -3.15. The molecule has 1 unspecified atom stereocenters. The second-order valence-corrected chi connectivity index (χ2v) is 13.9. The number of ether oxygens (including phenoxy) is 1. The van der Waals surface area contributed by atoms with Crippen molar-refractivity contribution in [2.75, 3.05) is 0 Å². The van der Waals surface area contributed by atoms with Gasteiger partial charge < -0.3 is 4.74 Å². The first-order chi connectivity index (χ1) is 19.1. The Labute approximate surface area is 235 Å². The van der Waals surface area contributed by atoms with Crippen LogP contribution in [0.3, 0.4) is 0 Å². The van der Waals surface area contributed by atoms with E-state index in [-0.39, 0.29) is 11.8 Å². The highest BCUT2D eigenvalue weighted by Gasteiger charge is 2.36. The molecule has 39 heavy (non-hydrogen) atoms. The average molecular weight is 531 g/mol. The third-order valence-corrected chi connectivity index (χ3v) is 11.4. The van der Waals surface area contributed by atoms with E-state index in [1.54, 1.807) is 0 Å². The Balaban J connectivity index is 1.52. The first kappa shape index (κ1) is 26.1. The standard InChI is InChI=1S/C37H39OP/c1-26(2)31-23-22-27(3)24-35(31)38-36-25-28-14-10-11-19-32(28)37(34-21-13-12-20-33(34)36)39(29-15-6-4-7-16-29)30-17-8-5-9-18-30/h4-21,25-27,31,35,37H,22-24H2,1-3H3/t27-,31?,35-,37-/m1/s1. The Kier molecular flexibility index (Phi) is 7.71. The molecule has 198 valence electrons. The third kappa shape index (κ3) is 5.35. The van der Waals surface area contributed by atoms with Gasteiger partial charge in [0, 0.05) is 11.2 Å². The molecule has 0 heterocycles. The third-order valence-electron chi connectivity index (χ3n) is 8.66. The molecule has 4 aromatic carbocycles. The lowest BCUT2D eigenvalue weighted by Gasteiger charge is -2.38. The molecule has 1 nitrogen and oxygen atoms in total. The lowest BCUT2D eigenvalue weighted by atomic mass is 9.75. The predicted molar refractivity (Wildman–Crippen MR) is 168 cm³/mol. The number of fused-ring (bicyclic) bond motifs is 2. The van der Waals surface area contributed by atoms with Crippen molar-refractivity contribution in [1.82, 2.24) is 0 Å². The number of rotatable bonds is 6. The second kappa shape index (κ2) is 11.5. The van der Waals surface area contributed by atoms with Gasteiger partial charge in [-0.3, -0.25) is 0 Å². The highest BCUT2D eigenvalue weighted by atomic mass is 31.1. The molecule has 4 atom stereocenters. The fraction of sp³-hybridized carbons (Fsp3) is 0.297. The minimum absolute atomic E-state index is 0.223. The molecule has 0 aliphatic heterocycles. The van der Waals surface area contributed by atoms with Gasteiger partial charge in [-0.05, 0) is 71.9 Å². The molecule has 0 bridgehead atoms. The zero-order valence-electron chi connectivity index (χ0n) is 23.3. The second-order valence-electron chi connectivity index (χ2n) is 11.7. The van der Waals surface area contributed by atoms with Crippen molar-refractivity contribution >= 4 is 30.4 Å². The number of hydrogen-bond acceptors (Lipinski definition) is 1. The van der Waals surface area contributed by atoms with Crippen LogP contribution in [0.1, 0.15) is 67.9 Å². The van der Waals surface area contributed by atoms with E-state index in [2.05, 4.69) is 136 Å². The van der Waals surface area contributed by atoms with Crippen LogP contribution in [0, 0.1) is 17.8 Å². The van der Waals surface area contributed by atoms with Gasteiger partial charge in [0.15, 0.2) is 0 Å². The molecule has 4 aromatic rings. The van der Waals surface area contributed by atoms with Gasteiger partial charge in [0.1, 0.15) is 11.9 Å². The first-order valence-electron chi connectivity index (χ1n) is 14.6. The summed E-state index contributed by atoms with van der Waals surface area (Å²) in [4.78, 5) is 0. The number of benzene rings is 4. The minimum Gasteiger partial charge on any atom is -0.489 e. The van der Waals surface area contributed by atoms with Crippen molar-refractivity contribution in [2.24, 2.45) is 17.8 Å². The molecule has 0 aromatic heterocycles. The summed E-state index contributed by atoms with van der Waals surface area (Å²) in [5, 5.41) is 2.80. The summed E-state index contributed by atoms with van der Waals surface area (Å²) >= 11 is 0. The van der Waals surface area contributed by atoms with Gasteiger partial charge in [0.2, 0.25) is 0 Å². The molecular formula is C37H39OP. The molecule has 1 fully saturated rings. The van der Waals surface area contributed by atoms with E-state index in [1.165, 1.54) is 45.7 Å². The van der Waals surface area contributed by atoms with Crippen LogP contribution in [0.25, 0.3) is 11.8 Å². The molecule has 0 amide bonds. The Bertz CT molecular complexity index is 1380. The van der Waals surface area contributed by atoms with Gasteiger partial charge in [0.05, 0.1) is 0 Å². The van der Waals surface area contributed by atoms with Crippen LogP contribution in [-0.2, 0) is 4.74 Å². The van der Waals surface area contributed by atoms with E-state index in [4.69, 9.17) is 4.74 Å². The van der Waals surface area contributed by atoms with Crippen molar-refractivity contribution in [3.05, 3.63) is 131 Å². The molecular weight excluding hydrogens is 491 g/mol. The van der Waals surface area contributed by atoms with E-state index in [0.717, 1.165) is 12.2 Å². The monoisotopic (exact) mass is 530 g/mol. The quantitative estimate of drug-likeness (QED) is 0.226. The van der Waals surface area contributed by atoms with Crippen LogP contribution in [0.5, 0.6) is 0 Å². The van der Waals surface area contributed by atoms with E-state index < -0.39 is 7.92 Å². The maximum atomic E-state index is 7.15. The highest BCUT2D eigenvalue weighted by molar-refractivity contribution is 7.73. The zero-order chi connectivity index (χ0) is 26.8. The van der Waals surface area contributed by atoms with E-state index >= 15 is 0 Å². The van der Waals surface area contributed by atoms with Crippen molar-refractivity contribution in [3.63, 3.8) is 0 Å². The Morgan fingerprint density at radius 3 is 1.95 bits per heavy atom. The van der Waals surface area contributed by atoms with Gasteiger partial charge in [-0.25, -0.2) is 0 Å². The average Bonchev–Trinajstić information content (AvgIpc) is 3.09. The van der Waals surface area contributed by atoms with Crippen LogP contribution >= 0.6 is 7.92 Å². The molecule has 0 saturated heterocycles. The largest absolute Gasteiger partial charge is 0.489 e. The summed E-state index contributed by atoms with van der Waals surface area (Å²) in [5.41, 5.74) is 5.51. The highest BCUT2D eigenvalue weighted by Crippen LogP contribution is 2.57. The SMILES string of the molecule is CC(C)C1CC[C@@H](C)C[C@H]1OC1=Cc2ccccc2[C@@H](P(c2ccccc2)c2ccccc2)c2ccccc21. The molecule has 0 N–H and O–H groups in total. The summed E-state index contributed by atoms with van der Waals surface area (Å²) < 4.78 is 7.15. The van der Waals surface area contributed by atoms with Gasteiger partial charge in [-0.2, -0.15) is 0 Å². The summed E-state index contributed by atoms with van der Waals surface area (Å²) in [6.45, 7) is 7.12. The van der Waals surface area contributed by atoms with E-state index in [1.807, 2.05) is 0 Å². The summed E-state index contributed by atoms with van der Waals surface area (Å²) in [6, 6.07) is 40.3. The van der Waals surface area contributed by atoms with Gasteiger partial charge in [-0.1, -0.05) is 136 Å². The van der Waals surface area contributed by atoms with Crippen LogP contribution in [0.2, 0.25) is 0 Å². The summed E-state index contributed by atoms with van der Waals surface area (Å²) in [5.74, 6) is 2.96. The Morgan fingerprint density at radius 2 is 1.28 bits per heavy atom. The van der Waals surface area contributed by atoms with Crippen LogP contribution < -0.4 is 10.6 Å². The van der Waals surface area contributed by atoms with Crippen LogP contribution in [0.15, 0.2) is 109 Å². The fourth-order valence-corrected chi connectivity index (χ4v) is 9.55. The lowest BCUT2D eigenvalue weighted by molar-refractivity contribution is 0.0265. The summed E-state index contributed by atoms with van der Waals surface area (Å²) in [7, 11) is -0.713. The smallest absolute Gasteiger partial charge is 0.127 e. The molecule has 6 rings (SSSR count). The molecule has 2 heteroatoms. The molecule has 1 saturated carbocycles. The maximum absolute atomic E-state index is 7.15. The van der Waals surface area contributed by atoms with Crippen molar-refractivity contribution in [3.8, 4) is 0 Å². The normalized spacial score (nSPS) is 22.5. The van der Waals surface area contributed by atoms with Crippen molar-refractivity contribution in [2.45, 2.75) is 51.8 Å². The summed E-state index contributed by atoms with van der Waals surface area (Å²) in [6.07, 6.45) is 6.29. The molecule has 0 radical (unpaired) electrons. The van der Waals surface area contributed by atoms with Gasteiger partial charge >= 0.3 is 0 Å².